The molecule has 0 aliphatic rings. The first-order chi connectivity index (χ1) is 13.9. The third kappa shape index (κ3) is 5.11. The van der Waals surface area contributed by atoms with Gasteiger partial charge < -0.3 is 10.1 Å². The van der Waals surface area contributed by atoms with E-state index in [1.54, 1.807) is 36.4 Å². The minimum atomic E-state index is -3.85. The molecule has 0 saturated carbocycles. The van der Waals surface area contributed by atoms with Crippen LogP contribution in [0.1, 0.15) is 15.9 Å². The van der Waals surface area contributed by atoms with Crippen molar-refractivity contribution in [3.8, 4) is 5.75 Å². The molecule has 0 aromatic heterocycles. The lowest BCUT2D eigenvalue weighted by atomic mass is 10.2. The highest BCUT2D eigenvalue weighted by Gasteiger charge is 2.17. The highest BCUT2D eigenvalue weighted by atomic mass is 32.2. The molecule has 1 amide bonds. The lowest BCUT2D eigenvalue weighted by Crippen LogP contribution is -2.23. The number of methoxy groups -OCH3 is 1. The zero-order valence-electron chi connectivity index (χ0n) is 15.6. The summed E-state index contributed by atoms with van der Waals surface area (Å²) in [6.07, 6.45) is 0. The van der Waals surface area contributed by atoms with Crippen molar-refractivity contribution in [2.24, 2.45) is 0 Å². The number of para-hydroxylation sites is 2. The lowest BCUT2D eigenvalue weighted by molar-refractivity contribution is 0.0950. The number of amides is 1. The summed E-state index contributed by atoms with van der Waals surface area (Å²) in [6.45, 7) is 0.159. The summed E-state index contributed by atoms with van der Waals surface area (Å²) >= 11 is 0. The van der Waals surface area contributed by atoms with E-state index in [1.807, 2.05) is 0 Å². The summed E-state index contributed by atoms with van der Waals surface area (Å²) in [6, 6.07) is 18.1. The van der Waals surface area contributed by atoms with Crippen molar-refractivity contribution in [2.75, 3.05) is 11.8 Å². The maximum atomic E-state index is 13.2. The zero-order chi connectivity index (χ0) is 20.9. The molecular formula is C21H19FN2O4S. The molecule has 0 aliphatic carbocycles. The van der Waals surface area contributed by atoms with Crippen LogP contribution in [-0.2, 0) is 16.6 Å². The molecule has 0 saturated heterocycles. The quantitative estimate of drug-likeness (QED) is 0.619. The molecule has 0 atom stereocenters. The number of ether oxygens (including phenoxy) is 1. The van der Waals surface area contributed by atoms with Gasteiger partial charge in [-0.3, -0.25) is 9.52 Å². The number of nitrogens with one attached hydrogen (secondary N) is 2. The van der Waals surface area contributed by atoms with E-state index in [-0.39, 0.29) is 22.8 Å². The van der Waals surface area contributed by atoms with E-state index in [0.717, 1.165) is 0 Å². The van der Waals surface area contributed by atoms with Gasteiger partial charge in [-0.05, 0) is 54.1 Å². The van der Waals surface area contributed by atoms with Crippen molar-refractivity contribution in [1.82, 2.24) is 5.32 Å². The standard InChI is InChI=1S/C21H19FN2O4S/c1-28-20-8-3-2-7-19(20)24-29(26,27)18-11-9-16(10-12-18)21(25)23-14-15-5-4-6-17(22)13-15/h2-13,24H,14H2,1H3,(H,23,25). The molecule has 3 aromatic carbocycles. The molecule has 150 valence electrons. The molecule has 2 N–H and O–H groups in total. The molecule has 0 heterocycles. The van der Waals surface area contributed by atoms with Crippen LogP contribution in [0.2, 0.25) is 0 Å². The number of carbonyl (C=O) groups excluding carboxylic acids is 1. The molecule has 0 unspecified atom stereocenters. The Kier molecular flexibility index (Phi) is 6.13. The van der Waals surface area contributed by atoms with Gasteiger partial charge in [0, 0.05) is 12.1 Å². The first-order valence-corrected chi connectivity index (χ1v) is 10.2. The number of anilines is 1. The second-order valence-electron chi connectivity index (χ2n) is 6.14. The third-order valence-electron chi connectivity index (χ3n) is 4.12. The van der Waals surface area contributed by atoms with Gasteiger partial charge in [-0.25, -0.2) is 12.8 Å². The second-order valence-corrected chi connectivity index (χ2v) is 7.83. The maximum absolute atomic E-state index is 13.2. The Morgan fingerprint density at radius 3 is 2.41 bits per heavy atom. The largest absolute Gasteiger partial charge is 0.495 e. The minimum absolute atomic E-state index is 0.00471. The molecule has 0 aliphatic heterocycles. The molecule has 3 aromatic rings. The zero-order valence-corrected chi connectivity index (χ0v) is 16.4. The molecule has 29 heavy (non-hydrogen) atoms. The van der Waals surface area contributed by atoms with Gasteiger partial charge in [0.25, 0.3) is 15.9 Å². The highest BCUT2D eigenvalue weighted by molar-refractivity contribution is 7.92. The van der Waals surface area contributed by atoms with Gasteiger partial charge in [-0.15, -0.1) is 0 Å². The van der Waals surface area contributed by atoms with Gasteiger partial charge >= 0.3 is 0 Å². The average molecular weight is 414 g/mol. The molecule has 0 spiro atoms. The number of hydrogen-bond acceptors (Lipinski definition) is 4. The van der Waals surface area contributed by atoms with Crippen molar-refractivity contribution in [2.45, 2.75) is 11.4 Å². The van der Waals surface area contributed by atoms with Crippen LogP contribution in [0.15, 0.2) is 77.7 Å². The van der Waals surface area contributed by atoms with Crippen molar-refractivity contribution in [3.05, 3.63) is 89.7 Å². The number of sulfonamides is 1. The van der Waals surface area contributed by atoms with E-state index in [1.165, 1.54) is 43.5 Å². The monoisotopic (exact) mass is 414 g/mol. The predicted molar refractivity (Wildman–Crippen MR) is 108 cm³/mol. The van der Waals surface area contributed by atoms with Crippen LogP contribution in [0.5, 0.6) is 5.75 Å². The van der Waals surface area contributed by atoms with Crippen molar-refractivity contribution < 1.29 is 22.3 Å². The Balaban J connectivity index is 1.69. The van der Waals surface area contributed by atoms with Crippen molar-refractivity contribution in [1.29, 1.82) is 0 Å². The van der Waals surface area contributed by atoms with E-state index >= 15 is 0 Å². The highest BCUT2D eigenvalue weighted by Crippen LogP contribution is 2.26. The van der Waals surface area contributed by atoms with Crippen molar-refractivity contribution in [3.63, 3.8) is 0 Å². The normalized spacial score (nSPS) is 11.0. The van der Waals surface area contributed by atoms with Gasteiger partial charge in [0.2, 0.25) is 0 Å². The SMILES string of the molecule is COc1ccccc1NS(=O)(=O)c1ccc(C(=O)NCc2cccc(F)c2)cc1. The Bertz CT molecular complexity index is 1120. The first kappa shape index (κ1) is 20.3. The Labute approximate surface area is 168 Å². The van der Waals surface area contributed by atoms with Crippen LogP contribution >= 0.6 is 0 Å². The smallest absolute Gasteiger partial charge is 0.262 e. The van der Waals surface area contributed by atoms with Crippen LogP contribution in [0.25, 0.3) is 0 Å². The lowest BCUT2D eigenvalue weighted by Gasteiger charge is -2.12. The van der Waals surface area contributed by atoms with Crippen molar-refractivity contribution >= 4 is 21.6 Å². The first-order valence-electron chi connectivity index (χ1n) is 8.67. The molecular weight excluding hydrogens is 395 g/mol. The Morgan fingerprint density at radius 2 is 1.72 bits per heavy atom. The van der Waals surface area contributed by atoms with Gasteiger partial charge in [0.15, 0.2) is 0 Å². The summed E-state index contributed by atoms with van der Waals surface area (Å²) in [5, 5.41) is 2.67. The fraction of sp³-hybridized carbons (Fsp3) is 0.0952. The number of carbonyl (C=O) groups is 1. The molecule has 0 radical (unpaired) electrons. The number of benzene rings is 3. The predicted octanol–water partition coefficient (Wildman–Crippen LogP) is 3.57. The van der Waals surface area contributed by atoms with Gasteiger partial charge in [0.05, 0.1) is 17.7 Å². The van der Waals surface area contributed by atoms with E-state index in [4.69, 9.17) is 4.74 Å². The van der Waals surface area contributed by atoms with Crippen LogP contribution in [-0.4, -0.2) is 21.4 Å². The van der Waals surface area contributed by atoms with Crippen LogP contribution in [0.3, 0.4) is 0 Å². The fourth-order valence-corrected chi connectivity index (χ4v) is 3.72. The fourth-order valence-electron chi connectivity index (χ4n) is 2.65. The van der Waals surface area contributed by atoms with Crippen LogP contribution < -0.4 is 14.8 Å². The maximum Gasteiger partial charge on any atom is 0.262 e. The number of halogens is 1. The van der Waals surface area contributed by atoms with Crippen LogP contribution in [0, 0.1) is 5.82 Å². The second kappa shape index (κ2) is 8.74. The topological polar surface area (TPSA) is 84.5 Å². The Hall–Kier alpha value is -3.39. The van der Waals surface area contributed by atoms with E-state index in [0.29, 0.717) is 17.0 Å². The molecule has 3 rings (SSSR count). The number of hydrogen-bond donors (Lipinski definition) is 2. The average Bonchev–Trinajstić information content (AvgIpc) is 2.72. The van der Waals surface area contributed by atoms with Gasteiger partial charge in [-0.2, -0.15) is 0 Å². The van der Waals surface area contributed by atoms with Gasteiger partial charge in [-0.1, -0.05) is 24.3 Å². The summed E-state index contributed by atoms with van der Waals surface area (Å²) in [5.74, 6) is -0.380. The molecule has 8 heteroatoms. The molecule has 0 fully saturated rings. The number of rotatable bonds is 7. The van der Waals surface area contributed by atoms with E-state index < -0.39 is 15.9 Å². The van der Waals surface area contributed by atoms with E-state index in [2.05, 4.69) is 10.0 Å². The van der Waals surface area contributed by atoms with Gasteiger partial charge in [0.1, 0.15) is 11.6 Å². The summed E-state index contributed by atoms with van der Waals surface area (Å²) in [4.78, 5) is 12.3. The summed E-state index contributed by atoms with van der Waals surface area (Å²) in [5.41, 5.74) is 1.23. The van der Waals surface area contributed by atoms with Crippen LogP contribution in [0.4, 0.5) is 10.1 Å². The minimum Gasteiger partial charge on any atom is -0.495 e. The Morgan fingerprint density at radius 1 is 1.00 bits per heavy atom. The summed E-state index contributed by atoms with van der Waals surface area (Å²) in [7, 11) is -2.40. The molecule has 0 bridgehead atoms. The molecule has 6 nitrogen and oxygen atoms in total. The summed E-state index contributed by atoms with van der Waals surface area (Å²) < 4.78 is 46.0. The third-order valence-corrected chi connectivity index (χ3v) is 5.50. The van der Waals surface area contributed by atoms with E-state index in [9.17, 15) is 17.6 Å².